The molecule has 1 aliphatic heterocycles. The van der Waals surface area contributed by atoms with Gasteiger partial charge >= 0.3 is 5.97 Å². The lowest BCUT2D eigenvalue weighted by atomic mass is 10.2. The van der Waals surface area contributed by atoms with Crippen LogP contribution in [0.4, 0.5) is 0 Å². The van der Waals surface area contributed by atoms with E-state index in [0.29, 0.717) is 11.6 Å². The molecule has 1 aliphatic rings. The SMILES string of the molecule is O=C(O)C1CN=C(c2cccc(O)c2)S1. The highest BCUT2D eigenvalue weighted by molar-refractivity contribution is 8.15. The van der Waals surface area contributed by atoms with Gasteiger partial charge in [-0.2, -0.15) is 0 Å². The first kappa shape index (κ1) is 10.0. The zero-order valence-corrected chi connectivity index (χ0v) is 8.57. The topological polar surface area (TPSA) is 69.9 Å². The first-order valence-corrected chi connectivity index (χ1v) is 5.28. The summed E-state index contributed by atoms with van der Waals surface area (Å²) in [4.78, 5) is 14.8. The van der Waals surface area contributed by atoms with Crippen LogP contribution < -0.4 is 0 Å². The highest BCUT2D eigenvalue weighted by Crippen LogP contribution is 2.27. The molecule has 0 bridgehead atoms. The third-order valence-corrected chi connectivity index (χ3v) is 3.25. The predicted octanol–water partition coefficient (Wildman–Crippen LogP) is 1.34. The zero-order valence-electron chi connectivity index (χ0n) is 7.75. The van der Waals surface area contributed by atoms with Gasteiger partial charge < -0.3 is 10.2 Å². The van der Waals surface area contributed by atoms with Gasteiger partial charge in [0.1, 0.15) is 11.0 Å². The highest BCUT2D eigenvalue weighted by atomic mass is 32.2. The lowest BCUT2D eigenvalue weighted by Gasteiger charge is -2.02. The first-order chi connectivity index (χ1) is 7.16. The second-order valence-electron chi connectivity index (χ2n) is 3.14. The summed E-state index contributed by atoms with van der Waals surface area (Å²) in [7, 11) is 0. The fourth-order valence-corrected chi connectivity index (χ4v) is 2.23. The molecule has 0 amide bonds. The maximum absolute atomic E-state index is 10.7. The fraction of sp³-hybridized carbons (Fsp3) is 0.200. The van der Waals surface area contributed by atoms with Crippen molar-refractivity contribution in [2.75, 3.05) is 6.54 Å². The van der Waals surface area contributed by atoms with Gasteiger partial charge in [-0.25, -0.2) is 0 Å². The number of hydrogen-bond donors (Lipinski definition) is 2. The fourth-order valence-electron chi connectivity index (χ4n) is 1.30. The van der Waals surface area contributed by atoms with Crippen molar-refractivity contribution in [3.63, 3.8) is 0 Å². The van der Waals surface area contributed by atoms with Crippen molar-refractivity contribution in [1.82, 2.24) is 0 Å². The number of phenolic OH excluding ortho intramolecular Hbond substituents is 1. The van der Waals surface area contributed by atoms with Gasteiger partial charge in [0, 0.05) is 5.56 Å². The van der Waals surface area contributed by atoms with Crippen molar-refractivity contribution < 1.29 is 15.0 Å². The van der Waals surface area contributed by atoms with Gasteiger partial charge in [-0.15, -0.1) is 0 Å². The van der Waals surface area contributed by atoms with E-state index in [9.17, 15) is 9.90 Å². The van der Waals surface area contributed by atoms with Gasteiger partial charge in [0.25, 0.3) is 0 Å². The van der Waals surface area contributed by atoms with E-state index in [2.05, 4.69) is 4.99 Å². The van der Waals surface area contributed by atoms with Crippen molar-refractivity contribution in [2.45, 2.75) is 5.25 Å². The molecule has 2 rings (SSSR count). The molecule has 78 valence electrons. The summed E-state index contributed by atoms with van der Waals surface area (Å²) in [6, 6.07) is 6.66. The standard InChI is InChI=1S/C10H9NO3S/c12-7-3-1-2-6(4-7)9-11-5-8(15-9)10(13)14/h1-4,8,12H,5H2,(H,13,14). The molecular weight excluding hydrogens is 214 g/mol. The summed E-state index contributed by atoms with van der Waals surface area (Å²) in [6.45, 7) is 0.297. The van der Waals surface area contributed by atoms with Crippen LogP contribution in [0.5, 0.6) is 5.75 Å². The Morgan fingerprint density at radius 2 is 2.33 bits per heavy atom. The van der Waals surface area contributed by atoms with Gasteiger partial charge in [-0.1, -0.05) is 23.9 Å². The Balaban J connectivity index is 2.17. The molecule has 0 fully saturated rings. The van der Waals surface area contributed by atoms with Crippen LogP contribution in [0, 0.1) is 0 Å². The number of carboxylic acid groups (broad SMARTS) is 1. The van der Waals surface area contributed by atoms with E-state index in [-0.39, 0.29) is 5.75 Å². The molecule has 15 heavy (non-hydrogen) atoms. The molecule has 1 atom stereocenters. The third-order valence-electron chi connectivity index (χ3n) is 2.02. The number of hydrogen-bond acceptors (Lipinski definition) is 4. The summed E-state index contributed by atoms with van der Waals surface area (Å²) in [6.07, 6.45) is 0. The maximum atomic E-state index is 10.7. The van der Waals surface area contributed by atoms with Crippen LogP contribution in [-0.4, -0.2) is 33.0 Å². The lowest BCUT2D eigenvalue weighted by Crippen LogP contribution is -2.16. The number of aromatic hydroxyl groups is 1. The molecule has 1 unspecified atom stereocenters. The number of aliphatic imine (C=N–C) groups is 1. The number of rotatable bonds is 2. The maximum Gasteiger partial charge on any atom is 0.318 e. The average Bonchev–Trinajstić information content (AvgIpc) is 2.66. The molecule has 2 N–H and O–H groups in total. The van der Waals surface area contributed by atoms with E-state index >= 15 is 0 Å². The van der Waals surface area contributed by atoms with Gasteiger partial charge in [0.15, 0.2) is 0 Å². The molecule has 0 saturated heterocycles. The van der Waals surface area contributed by atoms with Crippen molar-refractivity contribution in [3.8, 4) is 5.75 Å². The van der Waals surface area contributed by atoms with Crippen molar-refractivity contribution in [3.05, 3.63) is 29.8 Å². The number of carboxylic acids is 1. The Labute approximate surface area is 90.7 Å². The van der Waals surface area contributed by atoms with Crippen molar-refractivity contribution >= 4 is 22.8 Å². The predicted molar refractivity (Wildman–Crippen MR) is 58.5 cm³/mol. The molecule has 0 radical (unpaired) electrons. The molecule has 4 nitrogen and oxygen atoms in total. The van der Waals surface area contributed by atoms with Gasteiger partial charge in [-0.05, 0) is 12.1 Å². The van der Waals surface area contributed by atoms with E-state index in [1.165, 1.54) is 11.8 Å². The Kier molecular flexibility index (Phi) is 2.64. The summed E-state index contributed by atoms with van der Waals surface area (Å²) in [5.74, 6) is -0.687. The van der Waals surface area contributed by atoms with Crippen LogP contribution in [-0.2, 0) is 4.79 Å². The Hall–Kier alpha value is -1.49. The van der Waals surface area contributed by atoms with Crippen LogP contribution in [0.3, 0.4) is 0 Å². The highest BCUT2D eigenvalue weighted by Gasteiger charge is 2.26. The summed E-state index contributed by atoms with van der Waals surface area (Å²) < 4.78 is 0. The lowest BCUT2D eigenvalue weighted by molar-refractivity contribution is -0.136. The number of benzene rings is 1. The van der Waals surface area contributed by atoms with Crippen molar-refractivity contribution in [2.24, 2.45) is 4.99 Å². The van der Waals surface area contributed by atoms with Crippen LogP contribution in [0.1, 0.15) is 5.56 Å². The number of thioether (sulfide) groups is 1. The summed E-state index contributed by atoms with van der Waals surface area (Å²) >= 11 is 1.22. The number of carbonyl (C=O) groups is 1. The van der Waals surface area contributed by atoms with Crippen LogP contribution in [0.25, 0.3) is 0 Å². The Bertz CT molecular complexity index is 430. The Morgan fingerprint density at radius 1 is 1.53 bits per heavy atom. The van der Waals surface area contributed by atoms with Crippen LogP contribution in [0.15, 0.2) is 29.3 Å². The molecule has 1 aromatic rings. The minimum atomic E-state index is -0.848. The summed E-state index contributed by atoms with van der Waals surface area (Å²) in [5, 5.41) is 18.2. The molecule has 0 spiro atoms. The monoisotopic (exact) mass is 223 g/mol. The van der Waals surface area contributed by atoms with E-state index in [1.807, 2.05) is 0 Å². The number of nitrogens with zero attached hydrogens (tertiary/aromatic N) is 1. The minimum absolute atomic E-state index is 0.162. The van der Waals surface area contributed by atoms with Crippen LogP contribution >= 0.6 is 11.8 Å². The van der Waals surface area contributed by atoms with Gasteiger partial charge in [-0.3, -0.25) is 9.79 Å². The molecule has 5 heteroatoms. The second kappa shape index (κ2) is 3.94. The minimum Gasteiger partial charge on any atom is -0.508 e. The van der Waals surface area contributed by atoms with E-state index < -0.39 is 11.2 Å². The number of aliphatic carboxylic acids is 1. The molecular formula is C10H9NO3S. The summed E-state index contributed by atoms with van der Waals surface area (Å²) in [5.41, 5.74) is 0.767. The first-order valence-electron chi connectivity index (χ1n) is 4.40. The van der Waals surface area contributed by atoms with E-state index in [0.717, 1.165) is 5.56 Å². The Morgan fingerprint density at radius 3 is 2.93 bits per heavy atom. The van der Waals surface area contributed by atoms with E-state index in [4.69, 9.17) is 5.11 Å². The molecule has 0 aromatic heterocycles. The smallest absolute Gasteiger partial charge is 0.318 e. The van der Waals surface area contributed by atoms with Gasteiger partial charge in [0.2, 0.25) is 0 Å². The third kappa shape index (κ3) is 2.12. The second-order valence-corrected chi connectivity index (χ2v) is 4.33. The van der Waals surface area contributed by atoms with E-state index in [1.54, 1.807) is 24.3 Å². The molecule has 1 heterocycles. The molecule has 1 aromatic carbocycles. The van der Waals surface area contributed by atoms with Gasteiger partial charge in [0.05, 0.1) is 11.6 Å². The normalized spacial score (nSPS) is 20.0. The quantitative estimate of drug-likeness (QED) is 0.793. The van der Waals surface area contributed by atoms with Crippen molar-refractivity contribution in [1.29, 1.82) is 0 Å². The largest absolute Gasteiger partial charge is 0.508 e. The number of phenols is 1. The molecule has 0 saturated carbocycles. The molecule has 0 aliphatic carbocycles. The van der Waals surface area contributed by atoms with Crippen LogP contribution in [0.2, 0.25) is 0 Å². The zero-order chi connectivity index (χ0) is 10.8. The average molecular weight is 223 g/mol.